The highest BCUT2D eigenvalue weighted by molar-refractivity contribution is 6.02. The molecule has 3 aliphatic rings. The molecule has 1 amide bonds. The smallest absolute Gasteiger partial charge is 0.319 e. The van der Waals surface area contributed by atoms with Crippen LogP contribution in [0.2, 0.25) is 0 Å². The molecule has 2 aromatic carbocycles. The van der Waals surface area contributed by atoms with E-state index in [0.29, 0.717) is 47.2 Å². The lowest BCUT2D eigenvalue weighted by molar-refractivity contribution is -0.117. The first-order chi connectivity index (χ1) is 24.7. The number of hydrogen-bond acceptors (Lipinski definition) is 8. The van der Waals surface area contributed by atoms with Crippen molar-refractivity contribution < 1.29 is 23.4 Å². The summed E-state index contributed by atoms with van der Waals surface area (Å²) < 4.78 is 36.4. The van der Waals surface area contributed by atoms with E-state index in [9.17, 15) is 18.7 Å². The SMILES string of the molecule is C#Cc1c(F)ccc2cc(O)cc(C3=Cc4nc(OC[C@]5(C)C[C@@H](F)CN5c5ccncc5)nc(N5CCCCC(NC(=O)C=C)C5)c4CC3)c12. The van der Waals surface area contributed by atoms with E-state index in [1.54, 1.807) is 30.6 Å². The fourth-order valence-electron chi connectivity index (χ4n) is 7.76. The summed E-state index contributed by atoms with van der Waals surface area (Å²) in [5, 5.41) is 14.9. The van der Waals surface area contributed by atoms with Gasteiger partial charge in [-0.15, -0.1) is 6.42 Å². The maximum Gasteiger partial charge on any atom is 0.319 e. The largest absolute Gasteiger partial charge is 0.508 e. The molecule has 4 heterocycles. The number of halogens is 2. The molecule has 2 aromatic heterocycles. The molecule has 3 atom stereocenters. The van der Waals surface area contributed by atoms with Crippen LogP contribution in [0, 0.1) is 18.2 Å². The summed E-state index contributed by atoms with van der Waals surface area (Å²) in [5.41, 5.74) is 3.33. The van der Waals surface area contributed by atoms with E-state index in [-0.39, 0.29) is 48.8 Å². The van der Waals surface area contributed by atoms with E-state index < -0.39 is 17.5 Å². The van der Waals surface area contributed by atoms with Gasteiger partial charge < -0.3 is 25.0 Å². The molecule has 4 aromatic rings. The van der Waals surface area contributed by atoms with Gasteiger partial charge in [-0.3, -0.25) is 9.78 Å². The Morgan fingerprint density at radius 1 is 1.20 bits per heavy atom. The van der Waals surface area contributed by atoms with Gasteiger partial charge in [0.05, 0.1) is 16.8 Å². The number of phenolic OH excluding ortho intramolecular Hbond substituents is 1. The monoisotopic (exact) mass is 690 g/mol. The Hall–Kier alpha value is -5.50. The number of carbonyl (C=O) groups excluding carboxylic acids is 1. The van der Waals surface area contributed by atoms with Crippen LogP contribution in [-0.2, 0) is 11.2 Å². The Kier molecular flexibility index (Phi) is 9.34. The van der Waals surface area contributed by atoms with Gasteiger partial charge in [-0.05, 0) is 98.0 Å². The molecule has 0 bridgehead atoms. The molecule has 2 aliphatic heterocycles. The molecule has 0 spiro atoms. The number of nitrogens with one attached hydrogen (secondary N) is 1. The van der Waals surface area contributed by atoms with Crippen LogP contribution in [0.25, 0.3) is 22.4 Å². The summed E-state index contributed by atoms with van der Waals surface area (Å²) in [6.45, 7) is 7.21. The van der Waals surface area contributed by atoms with E-state index in [1.165, 1.54) is 12.1 Å². The van der Waals surface area contributed by atoms with Crippen molar-refractivity contribution in [3.05, 3.63) is 89.6 Å². The first kappa shape index (κ1) is 34.0. The van der Waals surface area contributed by atoms with Crippen molar-refractivity contribution in [2.45, 2.75) is 63.2 Å². The number of aromatic nitrogens is 3. The van der Waals surface area contributed by atoms with Crippen LogP contribution in [0.1, 0.15) is 61.4 Å². The number of anilines is 2. The Labute approximate surface area is 296 Å². The third-order valence-corrected chi connectivity index (χ3v) is 10.2. The van der Waals surface area contributed by atoms with Crippen LogP contribution >= 0.6 is 0 Å². The second kappa shape index (κ2) is 14.0. The lowest BCUT2D eigenvalue weighted by Gasteiger charge is -2.36. The molecule has 9 nitrogen and oxygen atoms in total. The standard InChI is InChI=1S/C40H40F2N6O3/c1-4-31-34(42)12-10-26-18-30(49)20-33(37(26)31)25-9-11-32-35(19-25)45-39(46-38(32)47-17-7-6-8-28(23-47)44-36(50)5-2)51-24-40(3)21-27(41)22-48(40)29-13-15-43-16-14-29/h1,5,10,12-16,18-20,27-28,49H,2,6-9,11,17,21-24H2,3H3,(H,44,50)/t27-,28?,40+/m1/s1. The van der Waals surface area contributed by atoms with Crippen LogP contribution in [0.3, 0.4) is 0 Å². The number of benzene rings is 2. The van der Waals surface area contributed by atoms with E-state index in [0.717, 1.165) is 42.6 Å². The topological polar surface area (TPSA) is 104 Å². The molecule has 2 saturated heterocycles. The minimum Gasteiger partial charge on any atom is -0.508 e. The van der Waals surface area contributed by atoms with Crippen molar-refractivity contribution in [3.63, 3.8) is 0 Å². The number of allylic oxidation sites excluding steroid dienone is 1. The van der Waals surface area contributed by atoms with Crippen LogP contribution in [-0.4, -0.2) is 70.0 Å². The second-order valence-corrected chi connectivity index (χ2v) is 13.8. The number of alkyl halides is 1. The number of hydrogen-bond donors (Lipinski definition) is 2. The van der Waals surface area contributed by atoms with E-state index >= 15 is 0 Å². The number of phenols is 1. The second-order valence-electron chi connectivity index (χ2n) is 13.8. The number of aromatic hydroxyl groups is 1. The van der Waals surface area contributed by atoms with Crippen LogP contribution in [0.4, 0.5) is 20.3 Å². The van der Waals surface area contributed by atoms with Crippen molar-refractivity contribution in [1.82, 2.24) is 20.3 Å². The quantitative estimate of drug-likeness (QED) is 0.162. The van der Waals surface area contributed by atoms with Gasteiger partial charge >= 0.3 is 6.01 Å². The summed E-state index contributed by atoms with van der Waals surface area (Å²) in [5.74, 6) is 2.53. The van der Waals surface area contributed by atoms with Crippen molar-refractivity contribution >= 4 is 39.8 Å². The Morgan fingerprint density at radius 2 is 2.02 bits per heavy atom. The average molecular weight is 691 g/mol. The normalized spacial score (nSPS) is 21.7. The molecule has 11 heteroatoms. The fraction of sp³-hybridized carbons (Fsp3) is 0.350. The molecule has 0 radical (unpaired) electrons. The molecule has 1 unspecified atom stereocenters. The zero-order chi connectivity index (χ0) is 35.7. The number of nitrogens with zero attached hydrogens (tertiary/aromatic N) is 5. The summed E-state index contributed by atoms with van der Waals surface area (Å²) in [4.78, 5) is 30.5. The third kappa shape index (κ3) is 6.83. The number of fused-ring (bicyclic) bond motifs is 2. The van der Waals surface area contributed by atoms with Gasteiger partial charge in [0.2, 0.25) is 5.91 Å². The van der Waals surface area contributed by atoms with Gasteiger partial charge in [-0.1, -0.05) is 18.6 Å². The highest BCUT2D eigenvalue weighted by Crippen LogP contribution is 2.41. The molecule has 2 fully saturated rings. The first-order valence-electron chi connectivity index (χ1n) is 17.3. The average Bonchev–Trinajstić information content (AvgIpc) is 3.27. The summed E-state index contributed by atoms with van der Waals surface area (Å²) in [7, 11) is 0. The van der Waals surface area contributed by atoms with E-state index in [2.05, 4.69) is 27.7 Å². The lowest BCUT2D eigenvalue weighted by atomic mass is 9.87. The van der Waals surface area contributed by atoms with Gasteiger partial charge in [-0.2, -0.15) is 9.97 Å². The Bertz CT molecular complexity index is 2070. The van der Waals surface area contributed by atoms with Crippen molar-refractivity contribution in [2.24, 2.45) is 0 Å². The fourth-order valence-corrected chi connectivity index (χ4v) is 7.76. The van der Waals surface area contributed by atoms with Crippen LogP contribution < -0.4 is 19.9 Å². The maximum atomic E-state index is 15.0. The number of ether oxygens (including phenoxy) is 1. The van der Waals surface area contributed by atoms with Gasteiger partial charge in [0, 0.05) is 61.1 Å². The maximum absolute atomic E-state index is 15.0. The molecular weight excluding hydrogens is 650 g/mol. The molecule has 262 valence electrons. The molecule has 0 saturated carbocycles. The van der Waals surface area contributed by atoms with Gasteiger partial charge in [-0.25, -0.2) is 8.78 Å². The lowest BCUT2D eigenvalue weighted by Crippen LogP contribution is -2.46. The van der Waals surface area contributed by atoms with Crippen molar-refractivity contribution in [2.75, 3.05) is 36.0 Å². The highest BCUT2D eigenvalue weighted by Gasteiger charge is 2.43. The molecule has 2 N–H and O–H groups in total. The van der Waals surface area contributed by atoms with Gasteiger partial charge in [0.1, 0.15) is 30.2 Å². The number of terminal acetylenes is 1. The minimum atomic E-state index is -1.04. The number of amides is 1. The molecule has 7 rings (SSSR count). The first-order valence-corrected chi connectivity index (χ1v) is 17.3. The Balaban J connectivity index is 1.30. The molecule has 1 aliphatic carbocycles. The molecular formula is C40H40F2N6O3. The summed E-state index contributed by atoms with van der Waals surface area (Å²) in [6.07, 6.45) is 15.4. The van der Waals surface area contributed by atoms with E-state index in [4.69, 9.17) is 21.1 Å². The predicted molar refractivity (Wildman–Crippen MR) is 195 cm³/mol. The zero-order valence-corrected chi connectivity index (χ0v) is 28.5. The highest BCUT2D eigenvalue weighted by atomic mass is 19.1. The summed E-state index contributed by atoms with van der Waals surface area (Å²) in [6, 6.07) is 9.87. The van der Waals surface area contributed by atoms with Crippen molar-refractivity contribution in [3.8, 4) is 24.1 Å². The molecule has 51 heavy (non-hydrogen) atoms. The summed E-state index contributed by atoms with van der Waals surface area (Å²) >= 11 is 0. The van der Waals surface area contributed by atoms with Gasteiger partial charge in [0.25, 0.3) is 0 Å². The number of rotatable bonds is 8. The minimum absolute atomic E-state index is 0.0399. The van der Waals surface area contributed by atoms with Crippen LogP contribution in [0.5, 0.6) is 11.8 Å². The third-order valence-electron chi connectivity index (χ3n) is 10.2. The Morgan fingerprint density at radius 3 is 2.80 bits per heavy atom. The zero-order valence-electron chi connectivity index (χ0n) is 28.5. The van der Waals surface area contributed by atoms with Crippen LogP contribution in [0.15, 0.2) is 61.4 Å². The number of pyridine rings is 1. The van der Waals surface area contributed by atoms with Gasteiger partial charge in [0.15, 0.2) is 0 Å². The van der Waals surface area contributed by atoms with Crippen molar-refractivity contribution in [1.29, 1.82) is 0 Å². The predicted octanol–water partition coefficient (Wildman–Crippen LogP) is 6.38. The number of carbonyl (C=O) groups is 1. The van der Waals surface area contributed by atoms with E-state index in [1.807, 2.05) is 30.0 Å².